The van der Waals surface area contributed by atoms with Crippen molar-refractivity contribution < 1.29 is 31.3 Å². The summed E-state index contributed by atoms with van der Waals surface area (Å²) in [4.78, 5) is 0. The second kappa shape index (κ2) is 9.01. The lowest BCUT2D eigenvalue weighted by Crippen LogP contribution is -2.41. The fourth-order valence-corrected chi connectivity index (χ4v) is 4.70. The molecule has 2 nitrogen and oxygen atoms in total. The van der Waals surface area contributed by atoms with Crippen LogP contribution in [0.3, 0.4) is 0 Å². The van der Waals surface area contributed by atoms with Crippen molar-refractivity contribution in [2.45, 2.75) is 108 Å². The largest absolute Gasteiger partial charge is 0.495 e. The van der Waals surface area contributed by atoms with E-state index in [1.54, 1.807) is 0 Å². The summed E-state index contributed by atoms with van der Waals surface area (Å²) in [5.41, 5.74) is 2.66. The van der Waals surface area contributed by atoms with Gasteiger partial charge in [0.15, 0.2) is 0 Å². The van der Waals surface area contributed by atoms with Gasteiger partial charge in [-0.15, -0.1) is 0 Å². The molecule has 0 N–H and O–H groups in total. The maximum absolute atomic E-state index is 13.4. The molecule has 0 atom stereocenters. The van der Waals surface area contributed by atoms with Gasteiger partial charge in [-0.2, -0.15) is 13.2 Å². The van der Waals surface area contributed by atoms with Crippen molar-refractivity contribution in [2.75, 3.05) is 0 Å². The lowest BCUT2D eigenvalue weighted by molar-refractivity contribution is -0.0867. The van der Waals surface area contributed by atoms with Gasteiger partial charge in [-0.25, -0.2) is 8.78 Å². The van der Waals surface area contributed by atoms with E-state index in [1.165, 1.54) is 24.8 Å². The van der Waals surface area contributed by atoms with Crippen LogP contribution in [-0.2, 0) is 9.31 Å². The van der Waals surface area contributed by atoms with Gasteiger partial charge in [0.25, 0.3) is 0 Å². The molecule has 1 aromatic carbocycles. The summed E-state index contributed by atoms with van der Waals surface area (Å²) >= 11 is 0. The minimum atomic E-state index is -3.67. The van der Waals surface area contributed by atoms with Crippen molar-refractivity contribution in [3.05, 3.63) is 29.3 Å². The van der Waals surface area contributed by atoms with Crippen LogP contribution in [0.5, 0.6) is 0 Å². The van der Waals surface area contributed by atoms with Gasteiger partial charge in [-0.05, 0) is 69.0 Å². The predicted octanol–water partition coefficient (Wildman–Crippen LogP) is 6.72. The van der Waals surface area contributed by atoms with Crippen molar-refractivity contribution in [1.82, 2.24) is 0 Å². The second-order valence-corrected chi connectivity index (χ2v) is 10.0. The minimum absolute atomic E-state index is 0.0188. The molecule has 0 bridgehead atoms. The van der Waals surface area contributed by atoms with Gasteiger partial charge >= 0.3 is 13.8 Å². The van der Waals surface area contributed by atoms with E-state index in [0.29, 0.717) is 5.92 Å². The second-order valence-electron chi connectivity index (χ2n) is 10.0. The normalized spacial score (nSPS) is 25.2. The van der Waals surface area contributed by atoms with E-state index in [4.69, 9.17) is 9.31 Å². The Balaban J connectivity index is 0.000000628. The molecule has 4 rings (SSSR count). The molecule has 0 unspecified atom stereocenters. The summed E-state index contributed by atoms with van der Waals surface area (Å²) < 4.78 is 68.4. The molecule has 0 radical (unpaired) electrons. The van der Waals surface area contributed by atoms with Crippen LogP contribution < -0.4 is 5.46 Å². The van der Waals surface area contributed by atoms with Gasteiger partial charge in [0.2, 0.25) is 5.92 Å². The van der Waals surface area contributed by atoms with Gasteiger partial charge in [0.05, 0.1) is 11.2 Å². The van der Waals surface area contributed by atoms with Crippen LogP contribution in [-0.4, -0.2) is 30.9 Å². The van der Waals surface area contributed by atoms with Crippen LogP contribution >= 0.6 is 0 Å². The van der Waals surface area contributed by atoms with Gasteiger partial charge in [-0.1, -0.05) is 37.5 Å². The van der Waals surface area contributed by atoms with E-state index in [-0.39, 0.29) is 37.1 Å². The summed E-state index contributed by atoms with van der Waals surface area (Å²) in [6, 6.07) is 6.29. The Kier molecular flexibility index (Phi) is 7.12. The first-order valence-corrected chi connectivity index (χ1v) is 11.1. The van der Waals surface area contributed by atoms with Crippen LogP contribution in [0.1, 0.15) is 95.6 Å². The smallest absolute Gasteiger partial charge is 0.399 e. The minimum Gasteiger partial charge on any atom is -0.399 e. The molecule has 2 saturated carbocycles. The van der Waals surface area contributed by atoms with Crippen LogP contribution in [0, 0.1) is 0 Å². The summed E-state index contributed by atoms with van der Waals surface area (Å²) in [6.45, 7) is 4.60. The van der Waals surface area contributed by atoms with Crippen molar-refractivity contribution in [3.63, 3.8) is 0 Å². The third kappa shape index (κ3) is 5.62. The van der Waals surface area contributed by atoms with Crippen LogP contribution in [0.25, 0.3) is 0 Å². The van der Waals surface area contributed by atoms with Crippen molar-refractivity contribution in [2.24, 2.45) is 0 Å². The lowest BCUT2D eigenvalue weighted by atomic mass is 9.68. The molecule has 1 aromatic rings. The van der Waals surface area contributed by atoms with Crippen LogP contribution in [0.15, 0.2) is 18.2 Å². The highest BCUT2D eigenvalue weighted by Gasteiger charge is 2.52. The summed E-state index contributed by atoms with van der Waals surface area (Å²) in [5.74, 6) is -2.02. The highest BCUT2D eigenvalue weighted by Crippen LogP contribution is 2.49. The van der Waals surface area contributed by atoms with E-state index in [0.717, 1.165) is 23.9 Å². The predicted molar refractivity (Wildman–Crippen MR) is 112 cm³/mol. The Bertz CT molecular complexity index is 736. The maximum Gasteiger partial charge on any atom is 0.495 e. The first-order chi connectivity index (χ1) is 14.3. The van der Waals surface area contributed by atoms with E-state index in [1.807, 2.05) is 6.07 Å². The fraction of sp³-hybridized carbons (Fsp3) is 0.739. The molecule has 3 fully saturated rings. The highest BCUT2D eigenvalue weighted by atomic mass is 19.4. The average Bonchev–Trinajstić information content (AvgIpc) is 2.87. The SMILES string of the molecule is CC1(C)OB(c2ccc(C3CC(F)(F)C3)cc2C2CCCCC2)OC1(C)C.FC(F)F. The molecule has 174 valence electrons. The zero-order valence-corrected chi connectivity index (χ0v) is 18.7. The molecular formula is C23H32BF5O2. The van der Waals surface area contributed by atoms with E-state index in [9.17, 15) is 22.0 Å². The molecule has 8 heteroatoms. The molecule has 1 heterocycles. The molecule has 1 aliphatic heterocycles. The Morgan fingerprint density at radius 2 is 1.39 bits per heavy atom. The molecule has 2 aliphatic carbocycles. The number of halogens is 5. The summed E-state index contributed by atoms with van der Waals surface area (Å²) in [5, 5.41) is 0. The molecule has 0 amide bonds. The topological polar surface area (TPSA) is 18.5 Å². The fourth-order valence-electron chi connectivity index (χ4n) is 4.70. The Labute approximate surface area is 182 Å². The number of rotatable bonds is 3. The molecule has 1 saturated heterocycles. The Hall–Kier alpha value is -1.15. The summed E-state index contributed by atoms with van der Waals surface area (Å²) in [7, 11) is -0.385. The van der Waals surface area contributed by atoms with Gasteiger partial charge in [0.1, 0.15) is 0 Å². The molecule has 31 heavy (non-hydrogen) atoms. The monoisotopic (exact) mass is 446 g/mol. The number of alkyl halides is 5. The van der Waals surface area contributed by atoms with Gasteiger partial charge < -0.3 is 9.31 Å². The quantitative estimate of drug-likeness (QED) is 0.379. The third-order valence-electron chi connectivity index (χ3n) is 7.22. The average molecular weight is 446 g/mol. The highest BCUT2D eigenvalue weighted by molar-refractivity contribution is 6.62. The van der Waals surface area contributed by atoms with Crippen LogP contribution in [0.4, 0.5) is 22.0 Å². The van der Waals surface area contributed by atoms with Gasteiger partial charge in [0, 0.05) is 12.8 Å². The lowest BCUT2D eigenvalue weighted by Gasteiger charge is -2.36. The van der Waals surface area contributed by atoms with E-state index >= 15 is 0 Å². The van der Waals surface area contributed by atoms with E-state index < -0.39 is 12.6 Å². The van der Waals surface area contributed by atoms with Crippen molar-refractivity contribution in [1.29, 1.82) is 0 Å². The number of hydrogen-bond donors (Lipinski definition) is 0. The first-order valence-electron chi connectivity index (χ1n) is 11.1. The van der Waals surface area contributed by atoms with Crippen LogP contribution in [0.2, 0.25) is 0 Å². The molecule has 0 spiro atoms. The molecule has 3 aliphatic rings. The number of hydrogen-bond acceptors (Lipinski definition) is 2. The molecular weight excluding hydrogens is 414 g/mol. The zero-order valence-electron chi connectivity index (χ0n) is 18.7. The van der Waals surface area contributed by atoms with Crippen molar-refractivity contribution >= 4 is 12.6 Å². The van der Waals surface area contributed by atoms with Gasteiger partial charge in [-0.3, -0.25) is 0 Å². The molecule has 0 aromatic heterocycles. The zero-order chi connectivity index (χ0) is 23.0. The number of benzene rings is 1. The Morgan fingerprint density at radius 1 is 0.871 bits per heavy atom. The summed E-state index contributed by atoms with van der Waals surface area (Å²) in [6.07, 6.45) is 6.04. The third-order valence-corrected chi connectivity index (χ3v) is 7.22. The standard InChI is InChI=1S/C22H31BF2O2.CHF3/c1-20(2)21(3,4)27-23(26-20)19-11-10-16(17-13-22(24,25)14-17)12-18(19)15-8-6-5-7-9-15;2-1(3)4/h10-12,15,17H,5-9,13-14H2,1-4H3;1H. The first kappa shape index (κ1) is 24.5. The maximum atomic E-state index is 13.4. The van der Waals surface area contributed by atoms with Crippen molar-refractivity contribution in [3.8, 4) is 0 Å². The van der Waals surface area contributed by atoms with E-state index in [2.05, 4.69) is 39.8 Å². The Morgan fingerprint density at radius 3 is 1.87 bits per heavy atom.